The van der Waals surface area contributed by atoms with Crippen LogP contribution in [-0.4, -0.2) is 23.6 Å². The van der Waals surface area contributed by atoms with Gasteiger partial charge in [0.15, 0.2) is 11.2 Å². The lowest BCUT2D eigenvalue weighted by Gasteiger charge is -2.52. The molecule has 6 aliphatic rings. The van der Waals surface area contributed by atoms with Crippen LogP contribution >= 0.6 is 0 Å². The molecule has 0 radical (unpaired) electrons. The molecule has 2 heterocycles. The van der Waals surface area contributed by atoms with Gasteiger partial charge in [-0.3, -0.25) is 0 Å². The average Bonchev–Trinajstić information content (AvgIpc) is 3.35. The fourth-order valence-corrected chi connectivity index (χ4v) is 8.65. The summed E-state index contributed by atoms with van der Waals surface area (Å²) in [6.45, 7) is 15.5. The van der Waals surface area contributed by atoms with Crippen LogP contribution in [0.25, 0.3) is 0 Å². The number of ether oxygens (including phenoxy) is 1. The van der Waals surface area contributed by atoms with Crippen molar-refractivity contribution < 1.29 is 31.1 Å². The molecule has 6 unspecified atom stereocenters. The highest BCUT2D eigenvalue weighted by Crippen LogP contribution is 2.85. The van der Waals surface area contributed by atoms with E-state index in [1.54, 1.807) is 0 Å². The van der Waals surface area contributed by atoms with Crippen LogP contribution in [0.3, 0.4) is 0 Å². The minimum Gasteiger partial charge on any atom is -0.348 e. The predicted octanol–water partition coefficient (Wildman–Crippen LogP) is 5.62. The van der Waals surface area contributed by atoms with Crippen molar-refractivity contribution in [2.24, 2.45) is 47.3 Å². The fourth-order valence-electron chi connectivity index (χ4n) is 8.65. The van der Waals surface area contributed by atoms with Crippen LogP contribution < -0.4 is 0 Å². The molecule has 6 fully saturated rings. The van der Waals surface area contributed by atoms with Crippen LogP contribution in [0.5, 0.6) is 0 Å². The molecule has 29 heavy (non-hydrogen) atoms. The predicted molar refractivity (Wildman–Crippen MR) is 92.4 cm³/mol. The van der Waals surface area contributed by atoms with Gasteiger partial charge in [-0.1, -0.05) is 26.3 Å². The summed E-state index contributed by atoms with van der Waals surface area (Å²) in [5.74, 6) is -7.75. The number of alkyl halides is 6. The van der Waals surface area contributed by atoms with Gasteiger partial charge >= 0.3 is 12.4 Å². The molecular formula is C22H20F6O. The van der Waals surface area contributed by atoms with Gasteiger partial charge in [0.05, 0.1) is 0 Å². The molecule has 7 heteroatoms. The maximum atomic E-state index is 14.8. The summed E-state index contributed by atoms with van der Waals surface area (Å²) in [5, 5.41) is 0. The molecule has 2 saturated heterocycles. The van der Waals surface area contributed by atoms with Crippen LogP contribution in [0.2, 0.25) is 0 Å². The highest BCUT2D eigenvalue weighted by Gasteiger charge is 2.95. The number of allylic oxidation sites excluding steroid dienone is 4. The minimum absolute atomic E-state index is 0.253. The van der Waals surface area contributed by atoms with E-state index >= 15 is 0 Å². The second-order valence-corrected chi connectivity index (χ2v) is 9.79. The molecule has 0 N–H and O–H groups in total. The van der Waals surface area contributed by atoms with Crippen LogP contribution in [0, 0.1) is 47.3 Å². The Morgan fingerprint density at radius 3 is 1.03 bits per heavy atom. The van der Waals surface area contributed by atoms with Crippen molar-refractivity contribution in [1.29, 1.82) is 0 Å². The quantitative estimate of drug-likeness (QED) is 0.468. The summed E-state index contributed by atoms with van der Waals surface area (Å²) in [6.07, 6.45) is -9.33. The average molecular weight is 414 g/mol. The topological polar surface area (TPSA) is 9.23 Å². The summed E-state index contributed by atoms with van der Waals surface area (Å²) in [5.41, 5.74) is -3.76. The third-order valence-corrected chi connectivity index (χ3v) is 9.34. The lowest BCUT2D eigenvalue weighted by atomic mass is 9.49. The number of hydrogen-bond donors (Lipinski definition) is 0. The van der Waals surface area contributed by atoms with Crippen molar-refractivity contribution in [2.75, 3.05) is 0 Å². The van der Waals surface area contributed by atoms with E-state index in [0.717, 1.165) is 0 Å². The Morgan fingerprint density at radius 2 is 0.828 bits per heavy atom. The largest absolute Gasteiger partial charge is 0.418 e. The van der Waals surface area contributed by atoms with E-state index < -0.39 is 70.9 Å². The zero-order chi connectivity index (χ0) is 21.0. The standard InChI is InChI=1S/C22H20F6O/c1-7-8(2)12-5-11(7)15-16(12)20(22(26,27)28)18-14-6-13(9(3)10(14)4)17(18)19(15,29-20)21(23,24)25/h11-18H,1-6H2/t11-,12?,13+,14?,15+,16?,17-,18?,19?,20?. The summed E-state index contributed by atoms with van der Waals surface area (Å²) in [7, 11) is 0. The van der Waals surface area contributed by atoms with Gasteiger partial charge in [0.1, 0.15) is 0 Å². The van der Waals surface area contributed by atoms with Crippen LogP contribution in [0.1, 0.15) is 12.8 Å². The first-order chi connectivity index (χ1) is 13.3. The highest BCUT2D eigenvalue weighted by molar-refractivity contribution is 5.51. The molecule has 2 aliphatic heterocycles. The maximum Gasteiger partial charge on any atom is 0.418 e. The Balaban J connectivity index is 1.67. The van der Waals surface area contributed by atoms with E-state index in [4.69, 9.17) is 4.74 Å². The molecular weight excluding hydrogens is 394 g/mol. The summed E-state index contributed by atoms with van der Waals surface area (Å²) >= 11 is 0. The highest BCUT2D eigenvalue weighted by atomic mass is 19.4. The molecule has 0 aromatic rings. The van der Waals surface area contributed by atoms with Gasteiger partial charge in [-0.2, -0.15) is 26.3 Å². The van der Waals surface area contributed by atoms with E-state index in [1.165, 1.54) is 0 Å². The molecule has 0 aromatic heterocycles. The van der Waals surface area contributed by atoms with E-state index in [0.29, 0.717) is 22.3 Å². The first-order valence-corrected chi connectivity index (χ1v) is 9.90. The lowest BCUT2D eigenvalue weighted by molar-refractivity contribution is -0.328. The van der Waals surface area contributed by atoms with Crippen molar-refractivity contribution in [3.05, 3.63) is 48.6 Å². The van der Waals surface area contributed by atoms with Gasteiger partial charge in [-0.15, -0.1) is 0 Å². The number of hydrogen-bond acceptors (Lipinski definition) is 1. The Kier molecular flexibility index (Phi) is 2.87. The van der Waals surface area contributed by atoms with E-state index in [9.17, 15) is 26.3 Å². The van der Waals surface area contributed by atoms with E-state index in [-0.39, 0.29) is 12.8 Å². The molecule has 6 bridgehead atoms. The van der Waals surface area contributed by atoms with Gasteiger partial charge in [0.2, 0.25) is 0 Å². The molecule has 6 rings (SSSR count). The van der Waals surface area contributed by atoms with Crippen molar-refractivity contribution in [3.8, 4) is 0 Å². The van der Waals surface area contributed by atoms with Crippen molar-refractivity contribution in [3.63, 3.8) is 0 Å². The van der Waals surface area contributed by atoms with Crippen LogP contribution in [-0.2, 0) is 4.74 Å². The zero-order valence-corrected chi connectivity index (χ0v) is 15.5. The molecule has 10 atom stereocenters. The number of halogens is 6. The molecule has 4 saturated carbocycles. The van der Waals surface area contributed by atoms with E-state index in [2.05, 4.69) is 26.3 Å². The van der Waals surface area contributed by atoms with Crippen molar-refractivity contribution in [2.45, 2.75) is 36.4 Å². The van der Waals surface area contributed by atoms with Gasteiger partial charge < -0.3 is 4.74 Å². The maximum absolute atomic E-state index is 14.8. The molecule has 0 aromatic carbocycles. The molecule has 156 valence electrons. The minimum atomic E-state index is -4.92. The fraction of sp³-hybridized carbons (Fsp3) is 0.636. The monoisotopic (exact) mass is 414 g/mol. The smallest absolute Gasteiger partial charge is 0.348 e. The third-order valence-electron chi connectivity index (χ3n) is 9.34. The zero-order valence-electron chi connectivity index (χ0n) is 15.5. The molecule has 4 aliphatic carbocycles. The van der Waals surface area contributed by atoms with Gasteiger partial charge in [-0.05, 0) is 58.8 Å². The van der Waals surface area contributed by atoms with Crippen LogP contribution in [0.15, 0.2) is 48.6 Å². The van der Waals surface area contributed by atoms with E-state index in [1.807, 2.05) is 0 Å². The molecule has 0 amide bonds. The summed E-state index contributed by atoms with van der Waals surface area (Å²) in [4.78, 5) is 0. The summed E-state index contributed by atoms with van der Waals surface area (Å²) < 4.78 is 94.1. The second kappa shape index (κ2) is 4.56. The number of rotatable bonds is 0. The normalized spacial score (nSPS) is 54.7. The van der Waals surface area contributed by atoms with Crippen LogP contribution in [0.4, 0.5) is 26.3 Å². The third kappa shape index (κ3) is 1.51. The van der Waals surface area contributed by atoms with Crippen molar-refractivity contribution in [1.82, 2.24) is 0 Å². The first-order valence-electron chi connectivity index (χ1n) is 9.90. The number of fused-ring (bicyclic) bond motifs is 16. The molecule has 1 nitrogen and oxygen atoms in total. The SMILES string of the molecule is C=C1C(=C)[C@H]2CC1C1[C@H]2C2(C(F)(F)F)OC1(C(F)(F)F)C1C3C[C@@H](C(=C)C3=C)[C@H]12. The Morgan fingerprint density at radius 1 is 0.586 bits per heavy atom. The first kappa shape index (κ1) is 18.3. The Hall–Kier alpha value is -1.50. The van der Waals surface area contributed by atoms with Crippen molar-refractivity contribution >= 4 is 0 Å². The Labute approximate surface area is 164 Å². The second-order valence-electron chi connectivity index (χ2n) is 9.79. The van der Waals surface area contributed by atoms with Gasteiger partial charge in [0, 0.05) is 23.7 Å². The lowest BCUT2D eigenvalue weighted by Crippen LogP contribution is -2.64. The molecule has 0 spiro atoms. The van der Waals surface area contributed by atoms with Gasteiger partial charge in [-0.25, -0.2) is 0 Å². The summed E-state index contributed by atoms with van der Waals surface area (Å²) in [6, 6.07) is 0. The van der Waals surface area contributed by atoms with Gasteiger partial charge in [0.25, 0.3) is 0 Å². The Bertz CT molecular complexity index is 797.